The molecule has 42 heavy (non-hydrogen) atoms. The highest BCUT2D eigenvalue weighted by molar-refractivity contribution is 8.19. The van der Waals surface area contributed by atoms with Crippen molar-refractivity contribution < 1.29 is 9.59 Å². The highest BCUT2D eigenvalue weighted by atomic mass is 32.2. The third-order valence-corrected chi connectivity index (χ3v) is 9.81. The lowest BCUT2D eigenvalue weighted by Crippen LogP contribution is -2.04. The molecule has 0 aliphatic carbocycles. The molecule has 8 nitrogen and oxygen atoms in total. The van der Waals surface area contributed by atoms with E-state index in [1.807, 2.05) is 88.4 Å². The molecule has 4 aromatic rings. The van der Waals surface area contributed by atoms with Crippen molar-refractivity contribution in [3.63, 3.8) is 0 Å². The number of aromatic nitrogens is 2. The molecule has 4 heterocycles. The number of aryl methyl sites for hydroxylation is 4. The maximum atomic E-state index is 12.5. The molecule has 0 unspecified atom stereocenters. The van der Waals surface area contributed by atoms with Crippen LogP contribution in [0.3, 0.4) is 0 Å². The summed E-state index contributed by atoms with van der Waals surface area (Å²) in [5.41, 5.74) is 5.74. The topological polar surface area (TPSA) is 109 Å². The SMILES string of the molecule is Cc1ccc(/C=C2/SC(Nc3nc(-c4nc(NC5=NC(=O)/C(=C\c6ccc(C)cc6)S5)sc4C)c(C)s3)=NC2=O)cc1. The Balaban J connectivity index is 1.13. The minimum Gasteiger partial charge on any atom is -0.310 e. The van der Waals surface area contributed by atoms with Gasteiger partial charge in [0, 0.05) is 9.75 Å². The molecule has 2 aromatic carbocycles. The Morgan fingerprint density at radius 3 is 1.36 bits per heavy atom. The normalized spacial score (nSPS) is 16.9. The van der Waals surface area contributed by atoms with Gasteiger partial charge in [-0.3, -0.25) is 9.59 Å². The standard InChI is InChI=1S/C30H24N6O2S4/c1-15-5-9-19(10-6-15)13-21-25(37)33-29(41-21)35-27-31-23(17(3)39-27)24-18(4)40-28(32-24)36-30-34-26(38)22(42-30)14-20-11-7-16(2)8-12-20/h5-14H,1-4H3,(H,31,33,35,37)(H,32,34,36,38)/b21-13+,22-14+. The van der Waals surface area contributed by atoms with Crippen molar-refractivity contribution in [1.29, 1.82) is 0 Å². The number of anilines is 2. The molecule has 2 aromatic heterocycles. The number of hydrogen-bond acceptors (Lipinski definition) is 10. The van der Waals surface area contributed by atoms with Crippen molar-refractivity contribution in [3.05, 3.63) is 90.3 Å². The van der Waals surface area contributed by atoms with E-state index in [1.54, 1.807) is 0 Å². The predicted octanol–water partition coefficient (Wildman–Crippen LogP) is 7.67. The van der Waals surface area contributed by atoms with Crippen LogP contribution >= 0.6 is 46.2 Å². The summed E-state index contributed by atoms with van der Waals surface area (Å²) in [6.45, 7) is 8.02. The van der Waals surface area contributed by atoms with Gasteiger partial charge in [0.15, 0.2) is 20.6 Å². The van der Waals surface area contributed by atoms with Gasteiger partial charge >= 0.3 is 0 Å². The summed E-state index contributed by atoms with van der Waals surface area (Å²) in [5.74, 6) is -0.545. The number of thioether (sulfide) groups is 2. The number of benzene rings is 2. The van der Waals surface area contributed by atoms with Crippen LogP contribution in [0, 0.1) is 27.7 Å². The van der Waals surface area contributed by atoms with Crippen molar-refractivity contribution in [1.82, 2.24) is 9.97 Å². The van der Waals surface area contributed by atoms with Crippen molar-refractivity contribution in [3.8, 4) is 11.4 Å². The maximum Gasteiger partial charge on any atom is 0.286 e. The molecule has 0 spiro atoms. The number of nitrogens with zero attached hydrogens (tertiary/aromatic N) is 4. The Hall–Kier alpha value is -3.84. The molecule has 0 saturated heterocycles. The number of amidine groups is 2. The molecule has 12 heteroatoms. The summed E-state index contributed by atoms with van der Waals surface area (Å²) in [5, 5.41) is 8.64. The molecule has 210 valence electrons. The second-order valence-corrected chi connectivity index (χ2v) is 14.1. The van der Waals surface area contributed by atoms with E-state index in [0.29, 0.717) is 30.4 Å². The summed E-state index contributed by atoms with van der Waals surface area (Å²) < 4.78 is 0. The Morgan fingerprint density at radius 2 is 0.976 bits per heavy atom. The van der Waals surface area contributed by atoms with E-state index < -0.39 is 0 Å². The molecule has 6 rings (SSSR count). The molecule has 0 bridgehead atoms. The quantitative estimate of drug-likeness (QED) is 0.217. The van der Waals surface area contributed by atoms with Gasteiger partial charge in [-0.15, -0.1) is 22.7 Å². The highest BCUT2D eigenvalue weighted by Crippen LogP contribution is 2.38. The van der Waals surface area contributed by atoms with E-state index in [0.717, 1.165) is 43.4 Å². The lowest BCUT2D eigenvalue weighted by atomic mass is 10.1. The van der Waals surface area contributed by atoms with Crippen LogP contribution in [0.5, 0.6) is 0 Å². The van der Waals surface area contributed by atoms with Gasteiger partial charge in [-0.1, -0.05) is 59.7 Å². The van der Waals surface area contributed by atoms with Crippen molar-refractivity contribution in [2.45, 2.75) is 27.7 Å². The first kappa shape index (κ1) is 28.3. The molecule has 2 amide bonds. The second-order valence-electron chi connectivity index (χ2n) is 9.58. The number of nitrogens with one attached hydrogen (secondary N) is 2. The number of amides is 2. The smallest absolute Gasteiger partial charge is 0.286 e. The zero-order valence-electron chi connectivity index (χ0n) is 23.0. The summed E-state index contributed by atoms with van der Waals surface area (Å²) in [6, 6.07) is 16.0. The van der Waals surface area contributed by atoms with E-state index >= 15 is 0 Å². The fraction of sp³-hybridized carbons (Fsp3) is 0.133. The van der Waals surface area contributed by atoms with Gasteiger partial charge in [0.2, 0.25) is 0 Å². The first-order valence-corrected chi connectivity index (χ1v) is 16.1. The third-order valence-electron chi connectivity index (χ3n) is 6.24. The number of aliphatic imine (C=N–C) groups is 2. The van der Waals surface area contributed by atoms with Crippen LogP contribution in [0.2, 0.25) is 0 Å². The van der Waals surface area contributed by atoms with E-state index in [4.69, 9.17) is 9.97 Å². The first-order valence-electron chi connectivity index (χ1n) is 12.9. The largest absolute Gasteiger partial charge is 0.310 e. The van der Waals surface area contributed by atoms with Gasteiger partial charge in [-0.2, -0.15) is 9.98 Å². The van der Waals surface area contributed by atoms with Gasteiger partial charge in [0.1, 0.15) is 11.4 Å². The summed E-state index contributed by atoms with van der Waals surface area (Å²) in [4.78, 5) is 45.9. The minimum atomic E-state index is -0.273. The van der Waals surface area contributed by atoms with Gasteiger partial charge in [-0.05, 0) is 74.5 Å². The molecule has 0 radical (unpaired) electrons. The number of carbonyl (C=O) groups is 2. The van der Waals surface area contributed by atoms with Crippen LogP contribution < -0.4 is 10.6 Å². The number of rotatable bonds is 5. The Morgan fingerprint density at radius 1 is 0.595 bits per heavy atom. The van der Waals surface area contributed by atoms with Crippen LogP contribution in [0.25, 0.3) is 23.5 Å². The van der Waals surface area contributed by atoms with E-state index in [9.17, 15) is 9.59 Å². The monoisotopic (exact) mass is 628 g/mol. The van der Waals surface area contributed by atoms with Crippen LogP contribution in [0.4, 0.5) is 10.3 Å². The number of carbonyl (C=O) groups excluding carboxylic acids is 2. The fourth-order valence-electron chi connectivity index (χ4n) is 4.08. The first-order chi connectivity index (χ1) is 20.2. The van der Waals surface area contributed by atoms with E-state index in [2.05, 4.69) is 20.6 Å². The molecular formula is C30H24N6O2S4. The lowest BCUT2D eigenvalue weighted by molar-refractivity contribution is -0.114. The second kappa shape index (κ2) is 11.8. The molecule has 2 N–H and O–H groups in total. The molecule has 0 fully saturated rings. The predicted molar refractivity (Wildman–Crippen MR) is 178 cm³/mol. The van der Waals surface area contributed by atoms with Gasteiger partial charge in [-0.25, -0.2) is 9.97 Å². The van der Waals surface area contributed by atoms with E-state index in [1.165, 1.54) is 46.2 Å². The fourth-order valence-corrected chi connectivity index (χ4v) is 7.46. The van der Waals surface area contributed by atoms with Crippen molar-refractivity contribution >= 4 is 90.8 Å². The Labute approximate surface area is 259 Å². The molecule has 0 saturated carbocycles. The van der Waals surface area contributed by atoms with E-state index in [-0.39, 0.29) is 11.8 Å². The van der Waals surface area contributed by atoms with Crippen LogP contribution in [0.15, 0.2) is 68.3 Å². The molecule has 2 aliphatic rings. The maximum absolute atomic E-state index is 12.5. The molecule has 2 aliphatic heterocycles. The van der Waals surface area contributed by atoms with Crippen LogP contribution in [-0.4, -0.2) is 32.1 Å². The van der Waals surface area contributed by atoms with Gasteiger partial charge in [0.25, 0.3) is 11.8 Å². The summed E-state index contributed by atoms with van der Waals surface area (Å²) >= 11 is 5.54. The zero-order valence-corrected chi connectivity index (χ0v) is 26.3. The zero-order chi connectivity index (χ0) is 29.4. The Kier molecular flexibility index (Phi) is 7.95. The minimum absolute atomic E-state index is 0.273. The molecular weight excluding hydrogens is 605 g/mol. The molecule has 0 atom stereocenters. The van der Waals surface area contributed by atoms with Crippen LogP contribution in [-0.2, 0) is 9.59 Å². The third kappa shape index (κ3) is 6.31. The van der Waals surface area contributed by atoms with Gasteiger partial charge < -0.3 is 10.6 Å². The summed E-state index contributed by atoms with van der Waals surface area (Å²) in [7, 11) is 0. The van der Waals surface area contributed by atoms with Crippen LogP contribution in [0.1, 0.15) is 32.0 Å². The average molecular weight is 629 g/mol. The van der Waals surface area contributed by atoms with Crippen molar-refractivity contribution in [2.24, 2.45) is 9.98 Å². The average Bonchev–Trinajstić information content (AvgIpc) is 3.69. The Bertz CT molecular complexity index is 1710. The number of thiazole rings is 2. The van der Waals surface area contributed by atoms with Crippen molar-refractivity contribution in [2.75, 3.05) is 10.6 Å². The lowest BCUT2D eigenvalue weighted by Gasteiger charge is -2.00. The number of hydrogen-bond donors (Lipinski definition) is 2. The summed E-state index contributed by atoms with van der Waals surface area (Å²) in [6.07, 6.45) is 3.69. The highest BCUT2D eigenvalue weighted by Gasteiger charge is 2.26. The van der Waals surface area contributed by atoms with Gasteiger partial charge in [0.05, 0.1) is 9.81 Å².